The summed E-state index contributed by atoms with van der Waals surface area (Å²) < 4.78 is 24.8. The topological polar surface area (TPSA) is 58.2 Å². The third-order valence-electron chi connectivity index (χ3n) is 2.34. The van der Waals surface area contributed by atoms with Crippen molar-refractivity contribution in [1.82, 2.24) is 0 Å². The number of rotatable bonds is 5. The van der Waals surface area contributed by atoms with Gasteiger partial charge in [0, 0.05) is 16.8 Å². The summed E-state index contributed by atoms with van der Waals surface area (Å²) in [5, 5.41) is 6.22. The number of thiophene rings is 1. The summed E-state index contributed by atoms with van der Waals surface area (Å²) in [6, 6.07) is 6.76. The molecule has 8 heteroatoms. The van der Waals surface area contributed by atoms with Crippen molar-refractivity contribution < 1.29 is 8.42 Å². The third-order valence-corrected chi connectivity index (χ3v) is 4.56. The van der Waals surface area contributed by atoms with Crippen LogP contribution in [0, 0.1) is 0 Å². The van der Waals surface area contributed by atoms with Gasteiger partial charge in [-0.1, -0.05) is 23.2 Å². The zero-order valence-electron chi connectivity index (χ0n) is 10.5. The molecule has 2 aromatic rings. The average Bonchev–Trinajstić information content (AvgIpc) is 2.74. The second-order valence-electron chi connectivity index (χ2n) is 4.15. The lowest BCUT2D eigenvalue weighted by Gasteiger charge is -2.10. The Labute approximate surface area is 131 Å². The fraction of sp³-hybridized carbons (Fsp3) is 0.167. The minimum Gasteiger partial charge on any atom is -0.379 e. The molecule has 0 spiro atoms. The fourth-order valence-corrected chi connectivity index (χ4v) is 3.32. The average molecular weight is 351 g/mol. The predicted molar refractivity (Wildman–Crippen MR) is 86.6 cm³/mol. The summed E-state index contributed by atoms with van der Waals surface area (Å²) in [5.74, 6) is 0. The molecule has 1 aromatic carbocycles. The quantitative estimate of drug-likeness (QED) is 0.855. The monoisotopic (exact) mass is 350 g/mol. The Kier molecular flexibility index (Phi) is 4.80. The van der Waals surface area contributed by atoms with Crippen molar-refractivity contribution in [3.8, 4) is 0 Å². The zero-order chi connectivity index (χ0) is 14.8. The first-order valence-electron chi connectivity index (χ1n) is 5.57. The standard InChI is InChI=1S/C12H12Cl2N2O2S2/c1-20(17,18)16-9-2-3-11(14)12(5-9)15-6-10-4-8(13)7-19-10/h2-5,7,15-16H,6H2,1H3. The Balaban J connectivity index is 2.12. The molecule has 0 bridgehead atoms. The van der Waals surface area contributed by atoms with Crippen LogP contribution in [-0.4, -0.2) is 14.7 Å². The van der Waals surface area contributed by atoms with E-state index in [9.17, 15) is 8.42 Å². The van der Waals surface area contributed by atoms with Crippen LogP contribution < -0.4 is 10.0 Å². The normalized spacial score (nSPS) is 11.3. The first kappa shape index (κ1) is 15.4. The Bertz CT molecular complexity index is 714. The summed E-state index contributed by atoms with van der Waals surface area (Å²) in [6.07, 6.45) is 1.10. The Morgan fingerprint density at radius 2 is 2.00 bits per heavy atom. The van der Waals surface area contributed by atoms with Gasteiger partial charge in [-0.2, -0.15) is 0 Å². The molecule has 0 saturated heterocycles. The van der Waals surface area contributed by atoms with Crippen molar-refractivity contribution in [3.63, 3.8) is 0 Å². The minimum atomic E-state index is -3.31. The van der Waals surface area contributed by atoms with E-state index in [1.807, 2.05) is 11.4 Å². The molecule has 1 heterocycles. The van der Waals surface area contributed by atoms with E-state index in [1.54, 1.807) is 18.2 Å². The first-order valence-corrected chi connectivity index (χ1v) is 9.10. The number of halogens is 2. The number of benzene rings is 1. The van der Waals surface area contributed by atoms with Crippen molar-refractivity contribution in [3.05, 3.63) is 44.6 Å². The van der Waals surface area contributed by atoms with Crippen LogP contribution in [0.4, 0.5) is 11.4 Å². The zero-order valence-corrected chi connectivity index (χ0v) is 13.6. The second kappa shape index (κ2) is 6.22. The fourth-order valence-electron chi connectivity index (χ4n) is 1.57. The molecule has 108 valence electrons. The molecule has 0 atom stereocenters. The summed E-state index contributed by atoms with van der Waals surface area (Å²) in [4.78, 5) is 1.06. The number of sulfonamides is 1. The van der Waals surface area contributed by atoms with Crippen LogP contribution in [0.25, 0.3) is 0 Å². The van der Waals surface area contributed by atoms with Crippen LogP contribution in [0.1, 0.15) is 4.88 Å². The summed E-state index contributed by atoms with van der Waals surface area (Å²) in [5.41, 5.74) is 1.12. The molecule has 0 radical (unpaired) electrons. The number of hydrogen-bond donors (Lipinski definition) is 2. The smallest absolute Gasteiger partial charge is 0.229 e. The highest BCUT2D eigenvalue weighted by atomic mass is 35.5. The van der Waals surface area contributed by atoms with Gasteiger partial charge in [-0.3, -0.25) is 4.72 Å². The van der Waals surface area contributed by atoms with Gasteiger partial charge in [-0.25, -0.2) is 8.42 Å². The maximum Gasteiger partial charge on any atom is 0.229 e. The summed E-state index contributed by atoms with van der Waals surface area (Å²) in [7, 11) is -3.31. The molecule has 0 aliphatic rings. The third kappa shape index (κ3) is 4.56. The van der Waals surface area contributed by atoms with E-state index in [4.69, 9.17) is 23.2 Å². The van der Waals surface area contributed by atoms with E-state index in [1.165, 1.54) is 11.3 Å². The first-order chi connectivity index (χ1) is 9.33. The van der Waals surface area contributed by atoms with E-state index < -0.39 is 10.0 Å². The van der Waals surface area contributed by atoms with Gasteiger partial charge in [-0.15, -0.1) is 11.3 Å². The lowest BCUT2D eigenvalue weighted by atomic mass is 10.3. The maximum atomic E-state index is 11.2. The van der Waals surface area contributed by atoms with Crippen LogP contribution in [0.3, 0.4) is 0 Å². The Hall–Kier alpha value is -0.950. The van der Waals surface area contributed by atoms with Crippen LogP contribution in [0.15, 0.2) is 29.6 Å². The van der Waals surface area contributed by atoms with Gasteiger partial charge in [0.05, 0.1) is 27.7 Å². The summed E-state index contributed by atoms with van der Waals surface area (Å²) in [6.45, 7) is 0.569. The van der Waals surface area contributed by atoms with Crippen LogP contribution >= 0.6 is 34.5 Å². The molecular formula is C12H12Cl2N2O2S2. The van der Waals surface area contributed by atoms with Gasteiger partial charge in [0.2, 0.25) is 10.0 Å². The molecule has 20 heavy (non-hydrogen) atoms. The predicted octanol–water partition coefficient (Wildman–Crippen LogP) is 4.04. The van der Waals surface area contributed by atoms with Crippen molar-refractivity contribution in [2.45, 2.75) is 6.54 Å². The van der Waals surface area contributed by atoms with E-state index in [-0.39, 0.29) is 0 Å². The maximum absolute atomic E-state index is 11.2. The number of hydrogen-bond acceptors (Lipinski definition) is 4. The second-order valence-corrected chi connectivity index (χ2v) is 7.74. The van der Waals surface area contributed by atoms with Crippen LogP contribution in [-0.2, 0) is 16.6 Å². The SMILES string of the molecule is CS(=O)(=O)Nc1ccc(Cl)c(NCc2cc(Cl)cs2)c1. The molecule has 2 N–H and O–H groups in total. The van der Waals surface area contributed by atoms with E-state index in [2.05, 4.69) is 10.0 Å². The van der Waals surface area contributed by atoms with Gasteiger partial charge >= 0.3 is 0 Å². The van der Waals surface area contributed by atoms with Crippen molar-refractivity contribution in [2.24, 2.45) is 0 Å². The number of nitrogens with one attached hydrogen (secondary N) is 2. The summed E-state index contributed by atoms with van der Waals surface area (Å²) >= 11 is 13.5. The highest BCUT2D eigenvalue weighted by Crippen LogP contribution is 2.27. The molecule has 0 fully saturated rings. The van der Waals surface area contributed by atoms with E-state index >= 15 is 0 Å². The molecule has 0 aliphatic carbocycles. The van der Waals surface area contributed by atoms with Crippen molar-refractivity contribution in [2.75, 3.05) is 16.3 Å². The van der Waals surface area contributed by atoms with Gasteiger partial charge in [-0.05, 0) is 24.3 Å². The Morgan fingerprint density at radius 3 is 2.60 bits per heavy atom. The number of anilines is 2. The van der Waals surface area contributed by atoms with Crippen LogP contribution in [0.5, 0.6) is 0 Å². The van der Waals surface area contributed by atoms with Gasteiger partial charge in [0.25, 0.3) is 0 Å². The Morgan fingerprint density at radius 1 is 1.25 bits per heavy atom. The van der Waals surface area contributed by atoms with E-state index in [0.717, 1.165) is 11.1 Å². The molecular weight excluding hydrogens is 339 g/mol. The molecule has 0 amide bonds. The lowest BCUT2D eigenvalue weighted by molar-refractivity contribution is 0.607. The highest BCUT2D eigenvalue weighted by Gasteiger charge is 2.06. The van der Waals surface area contributed by atoms with Gasteiger partial charge in [0.1, 0.15) is 0 Å². The van der Waals surface area contributed by atoms with Crippen molar-refractivity contribution in [1.29, 1.82) is 0 Å². The molecule has 0 unspecified atom stereocenters. The lowest BCUT2D eigenvalue weighted by Crippen LogP contribution is -2.09. The van der Waals surface area contributed by atoms with E-state index in [0.29, 0.717) is 28.0 Å². The molecule has 1 aromatic heterocycles. The molecule has 0 saturated carbocycles. The molecule has 2 rings (SSSR count). The highest BCUT2D eigenvalue weighted by molar-refractivity contribution is 7.92. The molecule has 0 aliphatic heterocycles. The molecule has 4 nitrogen and oxygen atoms in total. The van der Waals surface area contributed by atoms with Crippen LogP contribution in [0.2, 0.25) is 10.0 Å². The van der Waals surface area contributed by atoms with Gasteiger partial charge < -0.3 is 5.32 Å². The van der Waals surface area contributed by atoms with Gasteiger partial charge in [0.15, 0.2) is 0 Å². The minimum absolute atomic E-state index is 0.462. The largest absolute Gasteiger partial charge is 0.379 e. The van der Waals surface area contributed by atoms with Crippen molar-refractivity contribution >= 4 is 55.9 Å².